The van der Waals surface area contributed by atoms with Gasteiger partial charge in [0, 0.05) is 12.8 Å². The summed E-state index contributed by atoms with van der Waals surface area (Å²) in [7, 11) is 0. The van der Waals surface area contributed by atoms with E-state index in [0.29, 0.717) is 24.5 Å². The Bertz CT molecular complexity index is 187. The van der Waals surface area contributed by atoms with E-state index in [0.717, 1.165) is 19.3 Å². The van der Waals surface area contributed by atoms with Gasteiger partial charge in [0.25, 0.3) is 0 Å². The van der Waals surface area contributed by atoms with Gasteiger partial charge in [-0.25, -0.2) is 0 Å². The summed E-state index contributed by atoms with van der Waals surface area (Å²) in [6.07, 6.45) is 5.26. The SMILES string of the molecule is CC(C)CC(=O)CC1CCCCC1O. The predicted octanol–water partition coefficient (Wildman–Crippen LogP) is 2.54. The molecule has 82 valence electrons. The van der Waals surface area contributed by atoms with E-state index in [9.17, 15) is 9.90 Å². The van der Waals surface area contributed by atoms with Crippen LogP contribution < -0.4 is 0 Å². The largest absolute Gasteiger partial charge is 0.393 e. The molecule has 0 heterocycles. The second kappa shape index (κ2) is 5.50. The van der Waals surface area contributed by atoms with Crippen LogP contribution in [0.2, 0.25) is 0 Å². The molecule has 2 nitrogen and oxygen atoms in total. The number of Topliss-reactive ketones (excluding diaryl/α,β-unsaturated/α-hetero) is 1. The van der Waals surface area contributed by atoms with Crippen LogP contribution in [0.3, 0.4) is 0 Å². The summed E-state index contributed by atoms with van der Waals surface area (Å²) < 4.78 is 0. The third-order valence-electron chi connectivity index (χ3n) is 2.99. The molecule has 0 aromatic heterocycles. The van der Waals surface area contributed by atoms with Crippen molar-refractivity contribution in [1.29, 1.82) is 0 Å². The van der Waals surface area contributed by atoms with E-state index in [1.807, 2.05) is 0 Å². The summed E-state index contributed by atoms with van der Waals surface area (Å²) in [5, 5.41) is 9.70. The van der Waals surface area contributed by atoms with E-state index in [1.54, 1.807) is 0 Å². The smallest absolute Gasteiger partial charge is 0.133 e. The third kappa shape index (κ3) is 3.79. The molecule has 0 spiro atoms. The molecule has 2 unspecified atom stereocenters. The summed E-state index contributed by atoms with van der Waals surface area (Å²) in [4.78, 5) is 11.6. The molecule has 2 atom stereocenters. The van der Waals surface area contributed by atoms with E-state index in [4.69, 9.17) is 0 Å². The van der Waals surface area contributed by atoms with E-state index in [1.165, 1.54) is 6.42 Å². The van der Waals surface area contributed by atoms with Crippen molar-refractivity contribution >= 4 is 5.78 Å². The van der Waals surface area contributed by atoms with Crippen LogP contribution in [-0.4, -0.2) is 17.0 Å². The van der Waals surface area contributed by atoms with Gasteiger partial charge < -0.3 is 5.11 Å². The fraction of sp³-hybridized carbons (Fsp3) is 0.917. The first kappa shape index (κ1) is 11.7. The maximum Gasteiger partial charge on any atom is 0.133 e. The Morgan fingerprint density at radius 1 is 1.36 bits per heavy atom. The number of carbonyl (C=O) groups is 1. The van der Waals surface area contributed by atoms with Crippen LogP contribution in [0.25, 0.3) is 0 Å². The molecule has 0 bridgehead atoms. The van der Waals surface area contributed by atoms with Crippen LogP contribution in [0.5, 0.6) is 0 Å². The van der Waals surface area contributed by atoms with Crippen LogP contribution in [0.4, 0.5) is 0 Å². The minimum atomic E-state index is -0.222. The molecule has 1 fully saturated rings. The highest BCUT2D eigenvalue weighted by atomic mass is 16.3. The van der Waals surface area contributed by atoms with Gasteiger partial charge in [0.1, 0.15) is 5.78 Å². The Kier molecular flexibility index (Phi) is 4.59. The lowest BCUT2D eigenvalue weighted by atomic mass is 9.82. The lowest BCUT2D eigenvalue weighted by molar-refractivity contribution is -0.122. The van der Waals surface area contributed by atoms with Crippen LogP contribution in [-0.2, 0) is 4.79 Å². The van der Waals surface area contributed by atoms with E-state index < -0.39 is 0 Å². The van der Waals surface area contributed by atoms with E-state index >= 15 is 0 Å². The number of rotatable bonds is 4. The molecule has 1 N–H and O–H groups in total. The number of ketones is 1. The van der Waals surface area contributed by atoms with Crippen molar-refractivity contribution in [3.8, 4) is 0 Å². The highest BCUT2D eigenvalue weighted by molar-refractivity contribution is 5.78. The second-order valence-corrected chi connectivity index (χ2v) is 4.95. The fourth-order valence-corrected chi connectivity index (χ4v) is 2.26. The summed E-state index contributed by atoms with van der Waals surface area (Å²) in [6, 6.07) is 0. The van der Waals surface area contributed by atoms with Gasteiger partial charge in [-0.3, -0.25) is 4.79 Å². The van der Waals surface area contributed by atoms with Gasteiger partial charge in [-0.2, -0.15) is 0 Å². The minimum absolute atomic E-state index is 0.222. The number of aliphatic hydroxyl groups excluding tert-OH is 1. The molecular weight excluding hydrogens is 176 g/mol. The Morgan fingerprint density at radius 2 is 2.00 bits per heavy atom. The zero-order chi connectivity index (χ0) is 10.6. The van der Waals surface area contributed by atoms with Gasteiger partial charge in [0.15, 0.2) is 0 Å². The minimum Gasteiger partial charge on any atom is -0.393 e. The molecule has 2 heteroatoms. The number of carbonyl (C=O) groups excluding carboxylic acids is 1. The molecule has 0 aliphatic heterocycles. The van der Waals surface area contributed by atoms with Crippen molar-refractivity contribution in [3.05, 3.63) is 0 Å². The Labute approximate surface area is 86.7 Å². The van der Waals surface area contributed by atoms with Gasteiger partial charge in [-0.1, -0.05) is 26.7 Å². The third-order valence-corrected chi connectivity index (χ3v) is 2.99. The van der Waals surface area contributed by atoms with Crippen LogP contribution >= 0.6 is 0 Å². The van der Waals surface area contributed by atoms with Crippen molar-refractivity contribution in [2.24, 2.45) is 11.8 Å². The monoisotopic (exact) mass is 198 g/mol. The lowest BCUT2D eigenvalue weighted by Gasteiger charge is -2.27. The van der Waals surface area contributed by atoms with Crippen molar-refractivity contribution in [2.45, 2.75) is 58.5 Å². The first-order valence-electron chi connectivity index (χ1n) is 5.79. The lowest BCUT2D eigenvalue weighted by Crippen LogP contribution is -2.26. The summed E-state index contributed by atoms with van der Waals surface area (Å²) in [5.41, 5.74) is 0. The maximum atomic E-state index is 11.6. The molecular formula is C12H22O2. The number of hydrogen-bond donors (Lipinski definition) is 1. The quantitative estimate of drug-likeness (QED) is 0.753. The Balaban J connectivity index is 2.31. The molecule has 0 aromatic carbocycles. The molecule has 0 radical (unpaired) electrons. The van der Waals surface area contributed by atoms with Crippen molar-refractivity contribution < 1.29 is 9.90 Å². The molecule has 0 aromatic rings. The molecule has 1 saturated carbocycles. The highest BCUT2D eigenvalue weighted by Gasteiger charge is 2.25. The molecule has 1 aliphatic carbocycles. The molecule has 14 heavy (non-hydrogen) atoms. The molecule has 0 amide bonds. The summed E-state index contributed by atoms with van der Waals surface area (Å²) in [5.74, 6) is 1.02. The Hall–Kier alpha value is -0.370. The Morgan fingerprint density at radius 3 is 2.57 bits per heavy atom. The predicted molar refractivity (Wildman–Crippen MR) is 57.0 cm³/mol. The zero-order valence-electron chi connectivity index (χ0n) is 9.33. The van der Waals surface area contributed by atoms with Gasteiger partial charge in [-0.15, -0.1) is 0 Å². The van der Waals surface area contributed by atoms with Gasteiger partial charge in [0.2, 0.25) is 0 Å². The van der Waals surface area contributed by atoms with Crippen LogP contribution in [0.15, 0.2) is 0 Å². The van der Waals surface area contributed by atoms with Crippen LogP contribution in [0.1, 0.15) is 52.4 Å². The fourth-order valence-electron chi connectivity index (χ4n) is 2.26. The number of hydrogen-bond acceptors (Lipinski definition) is 2. The van der Waals surface area contributed by atoms with Gasteiger partial charge >= 0.3 is 0 Å². The molecule has 0 saturated heterocycles. The van der Waals surface area contributed by atoms with Crippen LogP contribution in [0, 0.1) is 11.8 Å². The maximum absolute atomic E-state index is 11.6. The highest BCUT2D eigenvalue weighted by Crippen LogP contribution is 2.27. The van der Waals surface area contributed by atoms with Gasteiger partial charge in [0.05, 0.1) is 6.10 Å². The summed E-state index contributed by atoms with van der Waals surface area (Å²) in [6.45, 7) is 4.13. The van der Waals surface area contributed by atoms with Crippen molar-refractivity contribution in [2.75, 3.05) is 0 Å². The van der Waals surface area contributed by atoms with E-state index in [2.05, 4.69) is 13.8 Å². The second-order valence-electron chi connectivity index (χ2n) is 4.95. The number of aliphatic hydroxyl groups is 1. The summed E-state index contributed by atoms with van der Waals surface area (Å²) >= 11 is 0. The van der Waals surface area contributed by atoms with E-state index in [-0.39, 0.29) is 12.0 Å². The first-order chi connectivity index (χ1) is 6.59. The zero-order valence-corrected chi connectivity index (χ0v) is 9.33. The average Bonchev–Trinajstić information content (AvgIpc) is 2.07. The van der Waals surface area contributed by atoms with Crippen molar-refractivity contribution in [3.63, 3.8) is 0 Å². The van der Waals surface area contributed by atoms with Crippen molar-refractivity contribution in [1.82, 2.24) is 0 Å². The van der Waals surface area contributed by atoms with Gasteiger partial charge in [-0.05, 0) is 24.7 Å². The standard InChI is InChI=1S/C12H22O2/c1-9(2)7-11(13)8-10-5-3-4-6-12(10)14/h9-10,12,14H,3-8H2,1-2H3. The molecule has 1 rings (SSSR count). The molecule has 1 aliphatic rings. The normalized spacial score (nSPS) is 28.0. The average molecular weight is 198 g/mol. The topological polar surface area (TPSA) is 37.3 Å². The first-order valence-corrected chi connectivity index (χ1v) is 5.79.